The monoisotopic (exact) mass is 191 g/mol. The molecule has 3 heteroatoms. The van der Waals surface area contributed by atoms with Crippen molar-refractivity contribution in [2.45, 2.75) is 13.8 Å². The van der Waals surface area contributed by atoms with Crippen LogP contribution < -0.4 is 0 Å². The minimum Gasteiger partial charge on any atom is -0.477 e. The Bertz CT molecular complexity index is 330. The largest absolute Gasteiger partial charge is 0.477 e. The normalized spacial score (nSPS) is 11.1. The number of carbonyl (C=O) groups is 1. The Morgan fingerprint density at radius 1 is 1.36 bits per heavy atom. The van der Waals surface area contributed by atoms with Gasteiger partial charge in [0.05, 0.1) is 6.61 Å². The van der Waals surface area contributed by atoms with E-state index in [1.165, 1.54) is 6.92 Å². The first-order chi connectivity index (χ1) is 6.74. The molecular weight excluding hydrogens is 178 g/mol. The summed E-state index contributed by atoms with van der Waals surface area (Å²) in [7, 11) is 0. The Morgan fingerprint density at radius 2 is 2.00 bits per heavy atom. The molecule has 1 amide bonds. The first-order valence-corrected chi connectivity index (χ1v) is 4.51. The van der Waals surface area contributed by atoms with Gasteiger partial charge in [-0.15, -0.1) is 0 Å². The van der Waals surface area contributed by atoms with Gasteiger partial charge in [0.1, 0.15) is 0 Å². The molecule has 0 saturated carbocycles. The van der Waals surface area contributed by atoms with Crippen LogP contribution in [0.3, 0.4) is 0 Å². The van der Waals surface area contributed by atoms with Crippen LogP contribution in [0.25, 0.3) is 0 Å². The Morgan fingerprint density at radius 3 is 2.50 bits per heavy atom. The van der Waals surface area contributed by atoms with Crippen molar-refractivity contribution in [3.05, 3.63) is 35.9 Å². The maximum atomic E-state index is 10.8. The molecule has 0 saturated heterocycles. The van der Waals surface area contributed by atoms with E-state index < -0.39 is 0 Å². The van der Waals surface area contributed by atoms with Gasteiger partial charge in [0.2, 0.25) is 11.8 Å². The molecule has 3 nitrogen and oxygen atoms in total. The number of ether oxygens (including phenoxy) is 1. The molecule has 0 fully saturated rings. The van der Waals surface area contributed by atoms with Gasteiger partial charge in [0, 0.05) is 12.5 Å². The third-order valence-corrected chi connectivity index (χ3v) is 1.56. The van der Waals surface area contributed by atoms with Crippen LogP contribution >= 0.6 is 0 Å². The summed E-state index contributed by atoms with van der Waals surface area (Å²) in [5.74, 6) is 0.137. The molecule has 0 aromatic heterocycles. The Hall–Kier alpha value is -1.64. The van der Waals surface area contributed by atoms with Crippen molar-refractivity contribution in [3.8, 4) is 0 Å². The molecule has 0 radical (unpaired) electrons. The predicted octanol–water partition coefficient (Wildman–Crippen LogP) is 2.02. The van der Waals surface area contributed by atoms with Gasteiger partial charge in [-0.25, -0.2) is 0 Å². The van der Waals surface area contributed by atoms with E-state index in [1.807, 2.05) is 37.3 Å². The van der Waals surface area contributed by atoms with E-state index in [-0.39, 0.29) is 5.91 Å². The van der Waals surface area contributed by atoms with Crippen molar-refractivity contribution in [2.24, 2.45) is 4.99 Å². The van der Waals surface area contributed by atoms with Crippen LogP contribution in [0.5, 0.6) is 0 Å². The Labute approximate surface area is 83.4 Å². The minimum absolute atomic E-state index is 0.252. The van der Waals surface area contributed by atoms with E-state index in [9.17, 15) is 4.79 Å². The van der Waals surface area contributed by atoms with Gasteiger partial charge in [-0.3, -0.25) is 4.79 Å². The topological polar surface area (TPSA) is 38.7 Å². The first-order valence-electron chi connectivity index (χ1n) is 4.51. The first kappa shape index (κ1) is 10.4. The van der Waals surface area contributed by atoms with Crippen LogP contribution in [0.1, 0.15) is 19.4 Å². The molecule has 0 aliphatic carbocycles. The molecule has 0 aliphatic rings. The molecule has 0 heterocycles. The number of aliphatic imine (C=N–C) groups is 1. The van der Waals surface area contributed by atoms with Gasteiger partial charge in [-0.2, -0.15) is 4.99 Å². The standard InChI is InChI=1S/C11H13NO2/c1-3-14-11(12-9(2)13)10-7-5-4-6-8-10/h4-8H,3H2,1-2H3/b12-11-. The molecule has 0 spiro atoms. The van der Waals surface area contributed by atoms with Gasteiger partial charge in [0.15, 0.2) is 0 Å². The predicted molar refractivity (Wildman–Crippen MR) is 55.3 cm³/mol. The third-order valence-electron chi connectivity index (χ3n) is 1.56. The highest BCUT2D eigenvalue weighted by molar-refractivity contribution is 6.00. The zero-order valence-corrected chi connectivity index (χ0v) is 8.36. The molecule has 1 rings (SSSR count). The van der Waals surface area contributed by atoms with E-state index in [0.29, 0.717) is 12.5 Å². The fourth-order valence-corrected chi connectivity index (χ4v) is 1.04. The maximum Gasteiger partial charge on any atom is 0.245 e. The van der Waals surface area contributed by atoms with Crippen molar-refractivity contribution < 1.29 is 9.53 Å². The lowest BCUT2D eigenvalue weighted by Crippen LogP contribution is -2.08. The lowest BCUT2D eigenvalue weighted by molar-refractivity contribution is -0.115. The number of benzene rings is 1. The number of carbonyl (C=O) groups excluding carboxylic acids is 1. The van der Waals surface area contributed by atoms with Crippen LogP contribution in [-0.4, -0.2) is 18.4 Å². The summed E-state index contributed by atoms with van der Waals surface area (Å²) >= 11 is 0. The molecule has 0 bridgehead atoms. The average Bonchev–Trinajstić information content (AvgIpc) is 2.18. The summed E-state index contributed by atoms with van der Waals surface area (Å²) in [6.07, 6.45) is 0. The quantitative estimate of drug-likeness (QED) is 0.530. The Balaban J connectivity index is 2.94. The summed E-state index contributed by atoms with van der Waals surface area (Å²) in [6.45, 7) is 3.77. The number of nitrogens with zero attached hydrogens (tertiary/aromatic N) is 1. The number of hydrogen-bond acceptors (Lipinski definition) is 2. The van der Waals surface area contributed by atoms with Crippen molar-refractivity contribution in [1.29, 1.82) is 0 Å². The second-order valence-corrected chi connectivity index (χ2v) is 2.74. The van der Waals surface area contributed by atoms with Gasteiger partial charge < -0.3 is 4.74 Å². The SMILES string of the molecule is CCO/C(=N\C(C)=O)c1ccccc1. The van der Waals surface area contributed by atoms with Gasteiger partial charge in [-0.1, -0.05) is 18.2 Å². The molecule has 0 unspecified atom stereocenters. The second-order valence-electron chi connectivity index (χ2n) is 2.74. The molecule has 0 N–H and O–H groups in total. The molecule has 14 heavy (non-hydrogen) atoms. The second kappa shape index (κ2) is 5.17. The highest BCUT2D eigenvalue weighted by atomic mass is 16.5. The van der Waals surface area contributed by atoms with Crippen molar-refractivity contribution in [1.82, 2.24) is 0 Å². The maximum absolute atomic E-state index is 10.8. The third kappa shape index (κ3) is 3.01. The fraction of sp³-hybridized carbons (Fsp3) is 0.273. The summed E-state index contributed by atoms with van der Waals surface area (Å²) in [5.41, 5.74) is 0.824. The van der Waals surface area contributed by atoms with E-state index in [4.69, 9.17) is 4.74 Å². The lowest BCUT2D eigenvalue weighted by atomic mass is 10.2. The van der Waals surface area contributed by atoms with Gasteiger partial charge in [-0.05, 0) is 19.1 Å². The molecule has 0 atom stereocenters. The number of rotatable bonds is 2. The number of hydrogen-bond donors (Lipinski definition) is 0. The van der Waals surface area contributed by atoms with Gasteiger partial charge in [0.25, 0.3) is 0 Å². The van der Waals surface area contributed by atoms with Crippen LogP contribution in [-0.2, 0) is 9.53 Å². The van der Waals surface area contributed by atoms with Crippen LogP contribution in [0.15, 0.2) is 35.3 Å². The van der Waals surface area contributed by atoms with Crippen LogP contribution in [0, 0.1) is 0 Å². The summed E-state index contributed by atoms with van der Waals surface area (Å²) in [4.78, 5) is 14.6. The van der Waals surface area contributed by atoms with Crippen molar-refractivity contribution >= 4 is 11.8 Å². The fourth-order valence-electron chi connectivity index (χ4n) is 1.04. The highest BCUT2D eigenvalue weighted by Crippen LogP contribution is 2.02. The minimum atomic E-state index is -0.252. The van der Waals surface area contributed by atoms with Crippen molar-refractivity contribution in [3.63, 3.8) is 0 Å². The highest BCUT2D eigenvalue weighted by Gasteiger charge is 2.03. The average molecular weight is 191 g/mol. The molecule has 1 aromatic rings. The smallest absolute Gasteiger partial charge is 0.245 e. The summed E-state index contributed by atoms with van der Waals surface area (Å²) in [5, 5.41) is 0. The van der Waals surface area contributed by atoms with Crippen LogP contribution in [0.2, 0.25) is 0 Å². The van der Waals surface area contributed by atoms with E-state index >= 15 is 0 Å². The zero-order valence-electron chi connectivity index (χ0n) is 8.36. The van der Waals surface area contributed by atoms with Gasteiger partial charge >= 0.3 is 0 Å². The number of amides is 1. The summed E-state index contributed by atoms with van der Waals surface area (Å²) < 4.78 is 5.27. The lowest BCUT2D eigenvalue weighted by Gasteiger charge is -2.05. The molecule has 1 aromatic carbocycles. The van der Waals surface area contributed by atoms with Crippen LogP contribution in [0.4, 0.5) is 0 Å². The van der Waals surface area contributed by atoms with E-state index in [2.05, 4.69) is 4.99 Å². The zero-order chi connectivity index (χ0) is 10.4. The summed E-state index contributed by atoms with van der Waals surface area (Å²) in [6, 6.07) is 9.38. The van der Waals surface area contributed by atoms with E-state index in [0.717, 1.165) is 5.56 Å². The molecule has 74 valence electrons. The molecular formula is C11H13NO2. The molecule has 0 aliphatic heterocycles. The van der Waals surface area contributed by atoms with Crippen molar-refractivity contribution in [2.75, 3.05) is 6.61 Å². The Kier molecular flexibility index (Phi) is 3.85. The van der Waals surface area contributed by atoms with E-state index in [1.54, 1.807) is 0 Å².